The van der Waals surface area contributed by atoms with Crippen LogP contribution in [0.5, 0.6) is 0 Å². The number of hydrogen-bond donors (Lipinski definition) is 3. The minimum Gasteiger partial charge on any atom is -0.368 e. The third-order valence-electron chi connectivity index (χ3n) is 2.86. The molecule has 4 N–H and O–H groups in total. The molecule has 19 heavy (non-hydrogen) atoms. The lowest BCUT2D eigenvalue weighted by Crippen LogP contribution is -2.05. The monoisotopic (exact) mass is 258 g/mol. The first kappa shape index (κ1) is 11.5. The Balaban J connectivity index is 1.89. The van der Waals surface area contributed by atoms with Crippen molar-refractivity contribution in [2.24, 2.45) is 7.05 Å². The molecule has 0 aliphatic carbocycles. The fourth-order valence-electron chi connectivity index (χ4n) is 1.98. The molecule has 3 aromatic rings. The summed E-state index contributed by atoms with van der Waals surface area (Å²) in [4.78, 5) is 15.3. The van der Waals surface area contributed by atoms with Gasteiger partial charge in [-0.2, -0.15) is 15.1 Å². The van der Waals surface area contributed by atoms with Crippen LogP contribution in [0.3, 0.4) is 0 Å². The quantitative estimate of drug-likeness (QED) is 0.634. The van der Waals surface area contributed by atoms with E-state index in [0.717, 1.165) is 16.8 Å². The lowest BCUT2D eigenvalue weighted by atomic mass is 10.2. The van der Waals surface area contributed by atoms with Crippen molar-refractivity contribution in [2.45, 2.75) is 13.5 Å². The number of imidazole rings is 1. The summed E-state index contributed by atoms with van der Waals surface area (Å²) in [5, 5.41) is 7.52. The topological polar surface area (TPSA) is 110 Å². The molecule has 0 fully saturated rings. The minimum atomic E-state index is 0.199. The fourth-order valence-corrected chi connectivity index (χ4v) is 1.98. The predicted molar refractivity (Wildman–Crippen MR) is 71.4 cm³/mol. The van der Waals surface area contributed by atoms with E-state index in [9.17, 15) is 0 Å². The van der Waals surface area contributed by atoms with Gasteiger partial charge in [-0.1, -0.05) is 0 Å². The van der Waals surface area contributed by atoms with E-state index in [1.54, 1.807) is 11.0 Å². The molecule has 0 spiro atoms. The van der Waals surface area contributed by atoms with Gasteiger partial charge in [0, 0.05) is 25.4 Å². The number of aryl methyl sites for hydroxylation is 2. The van der Waals surface area contributed by atoms with Gasteiger partial charge in [-0.15, -0.1) is 0 Å². The van der Waals surface area contributed by atoms with Gasteiger partial charge in [-0.25, -0.2) is 4.98 Å². The number of hydrogen-bond acceptors (Lipinski definition) is 6. The number of nitrogens with one attached hydrogen (secondary N) is 2. The van der Waals surface area contributed by atoms with Crippen molar-refractivity contribution >= 4 is 22.9 Å². The van der Waals surface area contributed by atoms with Crippen molar-refractivity contribution in [1.29, 1.82) is 0 Å². The number of anilines is 2. The van der Waals surface area contributed by atoms with Gasteiger partial charge in [0.15, 0.2) is 11.5 Å². The molecule has 0 saturated heterocycles. The maximum absolute atomic E-state index is 5.65. The van der Waals surface area contributed by atoms with Crippen LogP contribution in [0.1, 0.15) is 11.3 Å². The number of nitrogens with zero attached hydrogens (tertiary/aromatic N) is 5. The molecule has 3 aromatic heterocycles. The minimum absolute atomic E-state index is 0.199. The zero-order chi connectivity index (χ0) is 13.4. The van der Waals surface area contributed by atoms with E-state index in [1.165, 1.54) is 0 Å². The van der Waals surface area contributed by atoms with Crippen molar-refractivity contribution in [1.82, 2.24) is 29.7 Å². The molecule has 8 heteroatoms. The van der Waals surface area contributed by atoms with Crippen LogP contribution in [-0.2, 0) is 13.6 Å². The molecular weight excluding hydrogens is 244 g/mol. The Hall–Kier alpha value is -2.64. The van der Waals surface area contributed by atoms with Gasteiger partial charge in [-0.3, -0.25) is 4.68 Å². The third-order valence-corrected chi connectivity index (χ3v) is 2.86. The predicted octanol–water partition coefficient (Wildman–Crippen LogP) is 0.589. The smallest absolute Gasteiger partial charge is 0.224 e. The zero-order valence-corrected chi connectivity index (χ0v) is 10.7. The molecular formula is C11H14N8. The number of rotatable bonds is 3. The number of aromatic amines is 1. The highest BCUT2D eigenvalue weighted by atomic mass is 15.3. The molecule has 8 nitrogen and oxygen atoms in total. The lowest BCUT2D eigenvalue weighted by molar-refractivity contribution is 0.756. The summed E-state index contributed by atoms with van der Waals surface area (Å²) in [5.74, 6) is 0.841. The molecule has 0 bridgehead atoms. The lowest BCUT2D eigenvalue weighted by Gasteiger charge is -2.06. The summed E-state index contributed by atoms with van der Waals surface area (Å²) < 4.78 is 1.78. The SMILES string of the molecule is Cc1nn(C)cc1CNc1nc(N)nc2nc[nH]c12. The second kappa shape index (κ2) is 4.23. The molecule has 0 saturated carbocycles. The second-order valence-corrected chi connectivity index (χ2v) is 4.30. The van der Waals surface area contributed by atoms with Crippen LogP contribution in [0.2, 0.25) is 0 Å². The summed E-state index contributed by atoms with van der Waals surface area (Å²) in [6, 6.07) is 0. The van der Waals surface area contributed by atoms with Gasteiger partial charge in [-0.05, 0) is 6.92 Å². The van der Waals surface area contributed by atoms with Crippen molar-refractivity contribution in [3.05, 3.63) is 23.8 Å². The van der Waals surface area contributed by atoms with Crippen LogP contribution in [0.4, 0.5) is 11.8 Å². The van der Waals surface area contributed by atoms with Crippen molar-refractivity contribution in [3.63, 3.8) is 0 Å². The summed E-state index contributed by atoms with van der Waals surface area (Å²) >= 11 is 0. The van der Waals surface area contributed by atoms with Gasteiger partial charge >= 0.3 is 0 Å². The van der Waals surface area contributed by atoms with Crippen molar-refractivity contribution in [2.75, 3.05) is 11.1 Å². The second-order valence-electron chi connectivity index (χ2n) is 4.30. The molecule has 0 aliphatic heterocycles. The Morgan fingerprint density at radius 2 is 2.26 bits per heavy atom. The van der Waals surface area contributed by atoms with E-state index in [1.807, 2.05) is 20.2 Å². The van der Waals surface area contributed by atoms with E-state index >= 15 is 0 Å². The summed E-state index contributed by atoms with van der Waals surface area (Å²) in [6.45, 7) is 2.58. The average Bonchev–Trinajstić information content (AvgIpc) is 2.92. The number of H-pyrrole nitrogens is 1. The van der Waals surface area contributed by atoms with Crippen molar-refractivity contribution < 1.29 is 0 Å². The standard InChI is InChI=1S/C11H14N8/c1-6-7(4-19(2)18-6)3-13-9-8-10(15-5-14-8)17-11(12)16-9/h4-5H,3H2,1-2H3,(H4,12,13,14,15,16,17). The summed E-state index contributed by atoms with van der Waals surface area (Å²) in [5.41, 5.74) is 9.04. The zero-order valence-electron chi connectivity index (χ0n) is 10.7. The molecule has 0 aromatic carbocycles. The number of nitrogen functional groups attached to an aromatic ring is 1. The molecule has 0 aliphatic rings. The Labute approximate surface area is 109 Å². The Kier molecular flexibility index (Phi) is 2.55. The highest BCUT2D eigenvalue weighted by Crippen LogP contribution is 2.18. The van der Waals surface area contributed by atoms with Crippen LogP contribution in [0, 0.1) is 6.92 Å². The largest absolute Gasteiger partial charge is 0.368 e. The van der Waals surface area contributed by atoms with Gasteiger partial charge in [0.2, 0.25) is 5.95 Å². The van der Waals surface area contributed by atoms with Crippen LogP contribution in [0.25, 0.3) is 11.2 Å². The maximum atomic E-state index is 5.65. The first-order valence-electron chi connectivity index (χ1n) is 5.83. The Bertz CT molecular complexity index is 725. The average molecular weight is 258 g/mol. The highest BCUT2D eigenvalue weighted by molar-refractivity contribution is 5.83. The number of aromatic nitrogens is 6. The Morgan fingerprint density at radius 1 is 1.42 bits per heavy atom. The highest BCUT2D eigenvalue weighted by Gasteiger charge is 2.09. The van der Waals surface area contributed by atoms with E-state index < -0.39 is 0 Å². The number of fused-ring (bicyclic) bond motifs is 1. The normalized spacial score (nSPS) is 11.1. The van der Waals surface area contributed by atoms with Crippen LogP contribution in [-0.4, -0.2) is 29.7 Å². The van der Waals surface area contributed by atoms with E-state index in [0.29, 0.717) is 18.0 Å². The molecule has 98 valence electrons. The molecule has 3 heterocycles. The van der Waals surface area contributed by atoms with Gasteiger partial charge in [0.1, 0.15) is 5.52 Å². The Morgan fingerprint density at radius 3 is 3.00 bits per heavy atom. The van der Waals surface area contributed by atoms with Crippen LogP contribution < -0.4 is 11.1 Å². The summed E-state index contributed by atoms with van der Waals surface area (Å²) in [6.07, 6.45) is 3.54. The van der Waals surface area contributed by atoms with E-state index in [2.05, 4.69) is 30.4 Å². The van der Waals surface area contributed by atoms with Gasteiger partial charge < -0.3 is 16.0 Å². The molecule has 3 rings (SSSR count). The number of nitrogens with two attached hydrogens (primary N) is 1. The van der Waals surface area contributed by atoms with E-state index in [4.69, 9.17) is 5.73 Å². The third kappa shape index (κ3) is 2.07. The van der Waals surface area contributed by atoms with Gasteiger partial charge in [0.25, 0.3) is 0 Å². The van der Waals surface area contributed by atoms with Crippen LogP contribution in [0.15, 0.2) is 12.5 Å². The van der Waals surface area contributed by atoms with Crippen molar-refractivity contribution in [3.8, 4) is 0 Å². The van der Waals surface area contributed by atoms with Crippen LogP contribution >= 0.6 is 0 Å². The maximum Gasteiger partial charge on any atom is 0.224 e. The first-order chi connectivity index (χ1) is 9.13. The molecule has 0 unspecified atom stereocenters. The fraction of sp³-hybridized carbons (Fsp3) is 0.273. The van der Waals surface area contributed by atoms with Gasteiger partial charge in [0.05, 0.1) is 12.0 Å². The molecule has 0 radical (unpaired) electrons. The molecule has 0 amide bonds. The summed E-state index contributed by atoms with van der Waals surface area (Å²) in [7, 11) is 1.90. The first-order valence-corrected chi connectivity index (χ1v) is 5.83. The molecule has 0 atom stereocenters. The van der Waals surface area contributed by atoms with E-state index in [-0.39, 0.29) is 5.95 Å².